The molecule has 1 aromatic heterocycles. The molecule has 0 radical (unpaired) electrons. The van der Waals surface area contributed by atoms with Gasteiger partial charge in [0.15, 0.2) is 5.15 Å². The molecule has 1 aliphatic rings. The van der Waals surface area contributed by atoms with Crippen LogP contribution in [0.1, 0.15) is 12.1 Å². The van der Waals surface area contributed by atoms with Crippen LogP contribution in [0.4, 0.5) is 5.69 Å². The fourth-order valence-electron chi connectivity index (χ4n) is 1.91. The topological polar surface area (TPSA) is 46.1 Å². The predicted octanol–water partition coefficient (Wildman–Crippen LogP) is 2.68. The van der Waals surface area contributed by atoms with E-state index in [1.165, 1.54) is 0 Å². The minimum absolute atomic E-state index is 0.00780. The quantitative estimate of drug-likeness (QED) is 0.478. The molecule has 0 saturated carbocycles. The largest absolute Gasteiger partial charge is 0.308 e. The number of carbonyl (C=O) groups excluding carboxylic acids is 1. The molecule has 1 amide bonds. The van der Waals surface area contributed by atoms with Crippen LogP contribution in [0.2, 0.25) is 10.4 Å². The van der Waals surface area contributed by atoms with Crippen LogP contribution in [0.3, 0.4) is 0 Å². The summed E-state index contributed by atoms with van der Waals surface area (Å²) in [7, 11) is 0. The standard InChI is InChI=1S/C10H10Cl3N3O/c1-5-8(9(12)15-10(13)14-5)16-4-6(3-11)2-7(16)17/h6H,2-4H2,1H3. The van der Waals surface area contributed by atoms with Gasteiger partial charge >= 0.3 is 0 Å². The number of nitrogens with zero attached hydrogens (tertiary/aromatic N) is 3. The first kappa shape index (κ1) is 12.9. The van der Waals surface area contributed by atoms with Gasteiger partial charge in [-0.25, -0.2) is 9.97 Å². The van der Waals surface area contributed by atoms with Crippen LogP contribution >= 0.6 is 34.8 Å². The first-order valence-electron chi connectivity index (χ1n) is 5.09. The molecule has 1 aliphatic heterocycles. The van der Waals surface area contributed by atoms with E-state index in [1.54, 1.807) is 11.8 Å². The van der Waals surface area contributed by atoms with Crippen LogP contribution in [0, 0.1) is 12.8 Å². The Morgan fingerprint density at radius 3 is 2.65 bits per heavy atom. The number of hydrogen-bond acceptors (Lipinski definition) is 3. The molecule has 2 rings (SSSR count). The highest BCUT2D eigenvalue weighted by atomic mass is 35.5. The molecule has 1 saturated heterocycles. The number of hydrogen-bond donors (Lipinski definition) is 0. The Bertz CT molecular complexity index is 443. The van der Waals surface area contributed by atoms with Gasteiger partial charge in [-0.3, -0.25) is 4.79 Å². The van der Waals surface area contributed by atoms with Gasteiger partial charge in [-0.15, -0.1) is 11.6 Å². The monoisotopic (exact) mass is 293 g/mol. The summed E-state index contributed by atoms with van der Waals surface area (Å²) in [5, 5.41) is 0.280. The van der Waals surface area contributed by atoms with E-state index in [4.69, 9.17) is 34.8 Å². The lowest BCUT2D eigenvalue weighted by Gasteiger charge is -2.19. The molecule has 0 aromatic carbocycles. The van der Waals surface area contributed by atoms with Gasteiger partial charge in [0, 0.05) is 18.8 Å². The van der Waals surface area contributed by atoms with Crippen molar-refractivity contribution in [3.8, 4) is 0 Å². The number of aryl methyl sites for hydroxylation is 1. The van der Waals surface area contributed by atoms with E-state index in [2.05, 4.69) is 9.97 Å². The molecule has 1 aromatic rings. The van der Waals surface area contributed by atoms with E-state index in [0.29, 0.717) is 30.2 Å². The highest BCUT2D eigenvalue weighted by Crippen LogP contribution is 2.33. The summed E-state index contributed by atoms with van der Waals surface area (Å²) in [4.78, 5) is 21.3. The van der Waals surface area contributed by atoms with Crippen LogP contribution in [0.25, 0.3) is 0 Å². The van der Waals surface area contributed by atoms with E-state index in [1.807, 2.05) is 0 Å². The highest BCUT2D eigenvalue weighted by molar-refractivity contribution is 6.34. The molecule has 1 fully saturated rings. The van der Waals surface area contributed by atoms with E-state index in [-0.39, 0.29) is 22.3 Å². The van der Waals surface area contributed by atoms with Crippen molar-refractivity contribution < 1.29 is 4.79 Å². The van der Waals surface area contributed by atoms with Crippen molar-refractivity contribution >= 4 is 46.4 Å². The number of alkyl halides is 1. The van der Waals surface area contributed by atoms with Crippen LogP contribution in [-0.2, 0) is 4.79 Å². The highest BCUT2D eigenvalue weighted by Gasteiger charge is 2.32. The second kappa shape index (κ2) is 4.96. The van der Waals surface area contributed by atoms with E-state index in [0.717, 1.165) is 0 Å². The second-order valence-corrected chi connectivity index (χ2v) is 4.95. The van der Waals surface area contributed by atoms with Crippen molar-refractivity contribution in [3.05, 3.63) is 16.1 Å². The van der Waals surface area contributed by atoms with Crippen molar-refractivity contribution in [3.63, 3.8) is 0 Å². The van der Waals surface area contributed by atoms with Crippen LogP contribution in [0.5, 0.6) is 0 Å². The molecule has 17 heavy (non-hydrogen) atoms. The van der Waals surface area contributed by atoms with Crippen molar-refractivity contribution in [2.45, 2.75) is 13.3 Å². The molecule has 0 aliphatic carbocycles. The maximum atomic E-state index is 11.9. The van der Waals surface area contributed by atoms with Crippen molar-refractivity contribution in [2.75, 3.05) is 17.3 Å². The van der Waals surface area contributed by atoms with Crippen molar-refractivity contribution in [1.29, 1.82) is 0 Å². The lowest BCUT2D eigenvalue weighted by molar-refractivity contribution is -0.117. The molecule has 0 bridgehead atoms. The van der Waals surface area contributed by atoms with E-state index >= 15 is 0 Å². The molecular weight excluding hydrogens is 284 g/mol. The fraction of sp³-hybridized carbons (Fsp3) is 0.500. The Balaban J connectivity index is 2.38. The third-order valence-electron chi connectivity index (χ3n) is 2.68. The van der Waals surface area contributed by atoms with Crippen molar-refractivity contribution in [1.82, 2.24) is 9.97 Å². The van der Waals surface area contributed by atoms with Gasteiger partial charge in [0.25, 0.3) is 0 Å². The maximum Gasteiger partial charge on any atom is 0.227 e. The molecule has 2 heterocycles. The van der Waals surface area contributed by atoms with Crippen molar-refractivity contribution in [2.24, 2.45) is 5.92 Å². The van der Waals surface area contributed by atoms with Crippen LogP contribution < -0.4 is 4.90 Å². The second-order valence-electron chi connectivity index (χ2n) is 3.95. The number of halogens is 3. The van der Waals surface area contributed by atoms with Gasteiger partial charge in [0.05, 0.1) is 5.69 Å². The minimum atomic E-state index is -0.00780. The molecule has 92 valence electrons. The van der Waals surface area contributed by atoms with Gasteiger partial charge in [-0.2, -0.15) is 0 Å². The fourth-order valence-corrected chi connectivity index (χ4v) is 2.69. The van der Waals surface area contributed by atoms with E-state index < -0.39 is 0 Å². The third kappa shape index (κ3) is 2.49. The zero-order valence-electron chi connectivity index (χ0n) is 9.08. The molecule has 7 heteroatoms. The lowest BCUT2D eigenvalue weighted by Crippen LogP contribution is -2.26. The van der Waals surface area contributed by atoms with Gasteiger partial charge in [0.1, 0.15) is 5.69 Å². The normalized spacial score (nSPS) is 20.1. The molecule has 0 N–H and O–H groups in total. The summed E-state index contributed by atoms with van der Waals surface area (Å²) < 4.78 is 0. The third-order valence-corrected chi connectivity index (χ3v) is 3.55. The average Bonchev–Trinajstić information content (AvgIpc) is 2.59. The summed E-state index contributed by atoms with van der Waals surface area (Å²) in [6.07, 6.45) is 0.432. The summed E-state index contributed by atoms with van der Waals surface area (Å²) in [5.74, 6) is 0.592. The summed E-state index contributed by atoms with van der Waals surface area (Å²) in [6, 6.07) is 0. The Morgan fingerprint density at radius 1 is 1.41 bits per heavy atom. The van der Waals surface area contributed by atoms with Gasteiger partial charge in [-0.1, -0.05) is 11.6 Å². The maximum absolute atomic E-state index is 11.9. The zero-order chi connectivity index (χ0) is 12.6. The predicted molar refractivity (Wildman–Crippen MR) is 68.0 cm³/mol. The summed E-state index contributed by atoms with van der Waals surface area (Å²) in [6.45, 7) is 2.30. The minimum Gasteiger partial charge on any atom is -0.308 e. The lowest BCUT2D eigenvalue weighted by atomic mass is 10.1. The molecule has 1 unspecified atom stereocenters. The van der Waals surface area contributed by atoms with Gasteiger partial charge in [-0.05, 0) is 24.4 Å². The Kier molecular flexibility index (Phi) is 3.76. The molecule has 0 spiro atoms. The van der Waals surface area contributed by atoms with E-state index in [9.17, 15) is 4.79 Å². The summed E-state index contributed by atoms with van der Waals surface area (Å²) >= 11 is 17.5. The van der Waals surface area contributed by atoms with Crippen LogP contribution in [0.15, 0.2) is 0 Å². The smallest absolute Gasteiger partial charge is 0.227 e. The zero-order valence-corrected chi connectivity index (χ0v) is 11.4. The number of anilines is 1. The molecule has 1 atom stereocenters. The Hall–Kier alpha value is -0.580. The molecule has 4 nitrogen and oxygen atoms in total. The molecular formula is C10H10Cl3N3O. The van der Waals surface area contributed by atoms with Gasteiger partial charge in [0.2, 0.25) is 11.2 Å². The first-order chi connectivity index (χ1) is 8.02. The SMILES string of the molecule is Cc1nc(Cl)nc(Cl)c1N1CC(CCl)CC1=O. The Labute approximate surface area is 114 Å². The number of carbonyl (C=O) groups is 1. The number of rotatable bonds is 2. The first-order valence-corrected chi connectivity index (χ1v) is 6.38. The average molecular weight is 295 g/mol. The summed E-state index contributed by atoms with van der Waals surface area (Å²) in [5.41, 5.74) is 1.13. The Morgan fingerprint density at radius 2 is 2.12 bits per heavy atom. The number of amides is 1. The number of aromatic nitrogens is 2. The van der Waals surface area contributed by atoms with Crippen LogP contribution in [-0.4, -0.2) is 28.3 Å². The van der Waals surface area contributed by atoms with Gasteiger partial charge < -0.3 is 4.90 Å².